The number of nitrogens with one attached hydrogen (secondary N) is 1. The normalized spacial score (nSPS) is 12.4. The van der Waals surface area contributed by atoms with E-state index in [9.17, 15) is 4.39 Å². The lowest BCUT2D eigenvalue weighted by Gasteiger charge is -2.12. The molecule has 19 heavy (non-hydrogen) atoms. The van der Waals surface area contributed by atoms with Crippen LogP contribution in [0, 0.1) is 12.7 Å². The predicted octanol–water partition coefficient (Wildman–Crippen LogP) is 3.45. The van der Waals surface area contributed by atoms with Gasteiger partial charge in [-0.2, -0.15) is 0 Å². The minimum atomic E-state index is -0.255. The van der Waals surface area contributed by atoms with E-state index in [1.165, 1.54) is 18.1 Å². The van der Waals surface area contributed by atoms with E-state index >= 15 is 0 Å². The second-order valence-corrected chi connectivity index (χ2v) is 5.64. The molecule has 0 aliphatic heterocycles. The fraction of sp³-hybridized carbons (Fsp3) is 0.357. The van der Waals surface area contributed by atoms with Gasteiger partial charge < -0.3 is 10.1 Å². The maximum atomic E-state index is 13.8. The van der Waals surface area contributed by atoms with Crippen LogP contribution in [-0.4, -0.2) is 12.1 Å². The first-order valence-electron chi connectivity index (χ1n) is 6.08. The SMILES string of the molecule is COc1ccc(CNC(C)c2ncc(C)s2)c(F)c1. The molecule has 1 unspecified atom stereocenters. The molecule has 0 radical (unpaired) electrons. The summed E-state index contributed by atoms with van der Waals surface area (Å²) >= 11 is 1.65. The van der Waals surface area contributed by atoms with Crippen LogP contribution in [0.1, 0.15) is 28.4 Å². The lowest BCUT2D eigenvalue weighted by Crippen LogP contribution is -2.18. The number of nitrogens with zero attached hydrogens (tertiary/aromatic N) is 1. The van der Waals surface area contributed by atoms with Crippen molar-refractivity contribution in [2.24, 2.45) is 0 Å². The van der Waals surface area contributed by atoms with Crippen LogP contribution in [0.5, 0.6) is 5.75 Å². The van der Waals surface area contributed by atoms with Crippen LogP contribution < -0.4 is 10.1 Å². The summed E-state index contributed by atoms with van der Waals surface area (Å²) in [4.78, 5) is 5.50. The Balaban J connectivity index is 1.98. The van der Waals surface area contributed by atoms with Gasteiger partial charge in [0.2, 0.25) is 0 Å². The molecule has 3 nitrogen and oxygen atoms in total. The average Bonchev–Trinajstić information content (AvgIpc) is 2.83. The minimum absolute atomic E-state index is 0.111. The highest BCUT2D eigenvalue weighted by Gasteiger charge is 2.10. The van der Waals surface area contributed by atoms with Crippen LogP contribution in [0.3, 0.4) is 0 Å². The molecule has 2 rings (SSSR count). The maximum absolute atomic E-state index is 13.8. The smallest absolute Gasteiger partial charge is 0.131 e. The Kier molecular flexibility index (Phi) is 4.50. The number of hydrogen-bond donors (Lipinski definition) is 1. The van der Waals surface area contributed by atoms with E-state index < -0.39 is 0 Å². The number of methoxy groups -OCH3 is 1. The van der Waals surface area contributed by atoms with Crippen LogP contribution in [-0.2, 0) is 6.54 Å². The zero-order valence-electron chi connectivity index (χ0n) is 11.2. The predicted molar refractivity (Wildman–Crippen MR) is 75.1 cm³/mol. The third kappa shape index (κ3) is 3.52. The van der Waals surface area contributed by atoms with Crippen molar-refractivity contribution >= 4 is 11.3 Å². The van der Waals surface area contributed by atoms with Gasteiger partial charge in [0.15, 0.2) is 0 Å². The van der Waals surface area contributed by atoms with Crippen molar-refractivity contribution in [1.82, 2.24) is 10.3 Å². The van der Waals surface area contributed by atoms with Crippen molar-refractivity contribution in [3.8, 4) is 5.75 Å². The Morgan fingerprint density at radius 2 is 2.26 bits per heavy atom. The van der Waals surface area contributed by atoms with Gasteiger partial charge in [-0.05, 0) is 19.9 Å². The molecule has 0 spiro atoms. The van der Waals surface area contributed by atoms with Crippen molar-refractivity contribution in [3.05, 3.63) is 45.7 Å². The zero-order chi connectivity index (χ0) is 13.8. The third-order valence-electron chi connectivity index (χ3n) is 2.87. The van der Waals surface area contributed by atoms with Gasteiger partial charge in [-0.1, -0.05) is 6.07 Å². The fourth-order valence-corrected chi connectivity index (χ4v) is 2.52. The first-order chi connectivity index (χ1) is 9.10. The molecule has 1 N–H and O–H groups in total. The van der Waals surface area contributed by atoms with E-state index in [4.69, 9.17) is 4.74 Å². The van der Waals surface area contributed by atoms with Gasteiger partial charge in [0.05, 0.1) is 13.2 Å². The minimum Gasteiger partial charge on any atom is -0.497 e. The number of benzene rings is 1. The Labute approximate surface area is 116 Å². The second-order valence-electron chi connectivity index (χ2n) is 4.37. The molecule has 0 amide bonds. The summed E-state index contributed by atoms with van der Waals surface area (Å²) in [7, 11) is 1.53. The summed E-state index contributed by atoms with van der Waals surface area (Å²) in [5.41, 5.74) is 0.626. The second kappa shape index (κ2) is 6.12. The summed E-state index contributed by atoms with van der Waals surface area (Å²) < 4.78 is 18.7. The highest BCUT2D eigenvalue weighted by atomic mass is 32.1. The quantitative estimate of drug-likeness (QED) is 0.911. The third-order valence-corrected chi connectivity index (χ3v) is 3.96. The zero-order valence-corrected chi connectivity index (χ0v) is 12.1. The molecule has 5 heteroatoms. The Morgan fingerprint density at radius 1 is 1.47 bits per heavy atom. The average molecular weight is 280 g/mol. The molecule has 1 atom stereocenters. The van der Waals surface area contributed by atoms with Gasteiger partial charge in [-0.15, -0.1) is 11.3 Å². The number of aryl methyl sites for hydroxylation is 1. The molecule has 1 aromatic carbocycles. The van der Waals surface area contributed by atoms with Gasteiger partial charge in [0.1, 0.15) is 16.6 Å². The molecule has 0 aliphatic carbocycles. The van der Waals surface area contributed by atoms with Crippen LogP contribution in [0.2, 0.25) is 0 Å². The number of rotatable bonds is 5. The largest absolute Gasteiger partial charge is 0.497 e. The van der Waals surface area contributed by atoms with Crippen molar-refractivity contribution in [1.29, 1.82) is 0 Å². The highest BCUT2D eigenvalue weighted by Crippen LogP contribution is 2.20. The van der Waals surface area contributed by atoms with E-state index in [2.05, 4.69) is 10.3 Å². The van der Waals surface area contributed by atoms with Crippen molar-refractivity contribution in [2.75, 3.05) is 7.11 Å². The summed E-state index contributed by atoms with van der Waals surface area (Å²) in [6, 6.07) is 5.01. The topological polar surface area (TPSA) is 34.1 Å². The Morgan fingerprint density at radius 3 is 2.84 bits per heavy atom. The summed E-state index contributed by atoms with van der Waals surface area (Å²) in [6.45, 7) is 4.52. The molecule has 0 saturated heterocycles. The van der Waals surface area contributed by atoms with Crippen LogP contribution >= 0.6 is 11.3 Å². The first kappa shape index (κ1) is 14.0. The van der Waals surface area contributed by atoms with Gasteiger partial charge >= 0.3 is 0 Å². The number of thiazole rings is 1. The van der Waals surface area contributed by atoms with Crippen LogP contribution in [0.15, 0.2) is 24.4 Å². The molecular formula is C14H17FN2OS. The van der Waals surface area contributed by atoms with Crippen LogP contribution in [0.4, 0.5) is 4.39 Å². The van der Waals surface area contributed by atoms with Crippen LogP contribution in [0.25, 0.3) is 0 Å². The molecule has 0 fully saturated rings. The van der Waals surface area contributed by atoms with Crippen molar-refractivity contribution < 1.29 is 9.13 Å². The molecule has 0 bridgehead atoms. The van der Waals surface area contributed by atoms with Gasteiger partial charge in [0.25, 0.3) is 0 Å². The fourth-order valence-electron chi connectivity index (χ4n) is 1.72. The molecule has 1 aromatic heterocycles. The Hall–Kier alpha value is -1.46. The van der Waals surface area contributed by atoms with Crippen molar-refractivity contribution in [2.45, 2.75) is 26.4 Å². The number of ether oxygens (including phenoxy) is 1. The van der Waals surface area contributed by atoms with Gasteiger partial charge in [-0.3, -0.25) is 0 Å². The molecule has 102 valence electrons. The molecule has 0 saturated carbocycles. The molecule has 1 heterocycles. The molecule has 0 aliphatic rings. The first-order valence-corrected chi connectivity index (χ1v) is 6.90. The standard InChI is InChI=1S/C14H17FN2OS/c1-9-7-17-14(19-9)10(2)16-8-11-4-5-12(18-3)6-13(11)15/h4-7,10,16H,8H2,1-3H3. The molecular weight excluding hydrogens is 263 g/mol. The summed E-state index contributed by atoms with van der Waals surface area (Å²) in [6.07, 6.45) is 1.85. The maximum Gasteiger partial charge on any atom is 0.131 e. The Bertz CT molecular complexity index is 556. The van der Waals surface area contributed by atoms with E-state index in [1.54, 1.807) is 23.5 Å². The van der Waals surface area contributed by atoms with E-state index in [-0.39, 0.29) is 11.9 Å². The van der Waals surface area contributed by atoms with Gasteiger partial charge in [0, 0.05) is 29.2 Å². The number of hydrogen-bond acceptors (Lipinski definition) is 4. The van der Waals surface area contributed by atoms with E-state index in [0.29, 0.717) is 17.9 Å². The highest BCUT2D eigenvalue weighted by molar-refractivity contribution is 7.11. The summed E-state index contributed by atoms with van der Waals surface area (Å²) in [5.74, 6) is 0.277. The monoisotopic (exact) mass is 280 g/mol. The van der Waals surface area contributed by atoms with Crippen molar-refractivity contribution in [3.63, 3.8) is 0 Å². The van der Waals surface area contributed by atoms with E-state index in [1.807, 2.05) is 20.0 Å². The van der Waals surface area contributed by atoms with E-state index in [0.717, 1.165) is 5.01 Å². The van der Waals surface area contributed by atoms with Gasteiger partial charge in [-0.25, -0.2) is 9.37 Å². The number of halogens is 1. The number of aromatic nitrogens is 1. The molecule has 2 aromatic rings. The summed E-state index contributed by atoms with van der Waals surface area (Å²) in [5, 5.41) is 4.29. The lowest BCUT2D eigenvalue weighted by atomic mass is 10.2. The lowest BCUT2D eigenvalue weighted by molar-refractivity contribution is 0.410.